The molecule has 0 radical (unpaired) electrons. The highest BCUT2D eigenvalue weighted by atomic mass is 32.2. The van der Waals surface area contributed by atoms with E-state index in [0.29, 0.717) is 25.3 Å². The van der Waals surface area contributed by atoms with Crippen molar-refractivity contribution in [3.05, 3.63) is 24.1 Å². The van der Waals surface area contributed by atoms with E-state index >= 15 is 0 Å². The third-order valence-corrected chi connectivity index (χ3v) is 6.22. The first-order chi connectivity index (χ1) is 10.8. The van der Waals surface area contributed by atoms with Gasteiger partial charge >= 0.3 is 0 Å². The Morgan fingerprint density at radius 1 is 1.57 bits per heavy atom. The average molecular weight is 360 g/mol. The summed E-state index contributed by atoms with van der Waals surface area (Å²) >= 11 is 1.69. The third-order valence-electron chi connectivity index (χ3n) is 3.87. The number of hydrogen-bond donors (Lipinski definition) is 0. The molecular weight excluding hydrogens is 343 g/mol. The van der Waals surface area contributed by atoms with E-state index in [-0.39, 0.29) is 22.6 Å². The van der Waals surface area contributed by atoms with E-state index in [9.17, 15) is 17.6 Å². The van der Waals surface area contributed by atoms with Crippen molar-refractivity contribution < 1.29 is 22.3 Å². The zero-order valence-corrected chi connectivity index (χ0v) is 14.2. The number of carbonyl (C=O) groups excluding carboxylic acids is 1. The molecule has 23 heavy (non-hydrogen) atoms. The van der Waals surface area contributed by atoms with Gasteiger partial charge in [-0.3, -0.25) is 4.79 Å². The monoisotopic (exact) mass is 360 g/mol. The van der Waals surface area contributed by atoms with Gasteiger partial charge in [0.05, 0.1) is 4.75 Å². The highest BCUT2D eigenvalue weighted by Crippen LogP contribution is 2.46. The van der Waals surface area contributed by atoms with Gasteiger partial charge in [0, 0.05) is 37.7 Å². The Kier molecular flexibility index (Phi) is 4.26. The summed E-state index contributed by atoms with van der Waals surface area (Å²) < 4.78 is 41.4. The Morgan fingerprint density at radius 2 is 2.30 bits per heavy atom. The summed E-state index contributed by atoms with van der Waals surface area (Å²) in [7, 11) is -3.31. The zero-order chi connectivity index (χ0) is 16.7. The van der Waals surface area contributed by atoms with Crippen molar-refractivity contribution in [2.24, 2.45) is 0 Å². The molecule has 2 saturated heterocycles. The summed E-state index contributed by atoms with van der Waals surface area (Å²) in [5.74, 6) is -0.605. The van der Waals surface area contributed by atoms with Crippen LogP contribution in [0.25, 0.3) is 0 Å². The fourth-order valence-corrected chi connectivity index (χ4v) is 5.01. The quantitative estimate of drug-likeness (QED) is 0.788. The molecule has 0 unspecified atom stereocenters. The first-order valence-electron chi connectivity index (χ1n) is 7.13. The number of hydrogen-bond acceptors (Lipinski definition) is 6. The van der Waals surface area contributed by atoms with E-state index in [0.717, 1.165) is 6.26 Å². The van der Waals surface area contributed by atoms with Crippen molar-refractivity contribution in [1.29, 1.82) is 0 Å². The summed E-state index contributed by atoms with van der Waals surface area (Å²) in [6.07, 6.45) is 3.06. The highest BCUT2D eigenvalue weighted by molar-refractivity contribution is 8.01. The van der Waals surface area contributed by atoms with Crippen molar-refractivity contribution >= 4 is 27.5 Å². The molecule has 0 bridgehead atoms. The van der Waals surface area contributed by atoms with Crippen molar-refractivity contribution in [2.45, 2.75) is 17.3 Å². The lowest BCUT2D eigenvalue weighted by atomic mass is 9.93. The maximum absolute atomic E-state index is 13.6. The Bertz CT molecular complexity index is 719. The van der Waals surface area contributed by atoms with E-state index in [1.165, 1.54) is 18.3 Å². The predicted octanol–water partition coefficient (Wildman–Crippen LogP) is 0.731. The van der Waals surface area contributed by atoms with Crippen LogP contribution in [0.15, 0.2) is 18.3 Å². The smallest absolute Gasteiger partial charge is 0.250 e. The molecule has 1 atom stereocenters. The molecule has 1 aromatic heterocycles. The van der Waals surface area contributed by atoms with Crippen LogP contribution in [0, 0.1) is 5.82 Å². The summed E-state index contributed by atoms with van der Waals surface area (Å²) in [5.41, 5.74) is 0. The molecule has 0 aliphatic carbocycles. The number of nitrogens with zero attached hydrogens (tertiary/aromatic N) is 2. The standard InChI is InChI=1S/C14H17FN2O4S2/c1-23(19,20)7-12(18)17-8-14(9-17)5-10(6-22-14)21-13-11(15)3-2-4-16-13/h2-4,10H,5-9H2,1H3/t10-/m1/s1. The normalized spacial score (nSPS) is 22.9. The lowest BCUT2D eigenvalue weighted by Crippen LogP contribution is -2.61. The molecule has 0 N–H and O–H groups in total. The van der Waals surface area contributed by atoms with Gasteiger partial charge in [0.25, 0.3) is 5.88 Å². The number of thioether (sulfide) groups is 1. The number of ether oxygens (including phenoxy) is 1. The number of carbonyl (C=O) groups is 1. The predicted molar refractivity (Wildman–Crippen MR) is 84.7 cm³/mol. The zero-order valence-electron chi connectivity index (χ0n) is 12.6. The van der Waals surface area contributed by atoms with Gasteiger partial charge < -0.3 is 9.64 Å². The second-order valence-corrected chi connectivity index (χ2v) is 9.68. The number of halogens is 1. The SMILES string of the molecule is CS(=O)(=O)CC(=O)N1CC2(C[C@@H](Oc3ncccc3F)CS2)C1. The maximum Gasteiger partial charge on any atom is 0.250 e. The van der Waals surface area contributed by atoms with Gasteiger partial charge in [-0.05, 0) is 12.1 Å². The van der Waals surface area contributed by atoms with E-state index < -0.39 is 21.4 Å². The van der Waals surface area contributed by atoms with E-state index in [4.69, 9.17) is 4.74 Å². The minimum atomic E-state index is -3.31. The lowest BCUT2D eigenvalue weighted by Gasteiger charge is -2.47. The van der Waals surface area contributed by atoms with E-state index in [1.807, 2.05) is 0 Å². The highest BCUT2D eigenvalue weighted by Gasteiger charge is 2.51. The van der Waals surface area contributed by atoms with Gasteiger partial charge in [0.1, 0.15) is 11.9 Å². The second-order valence-electron chi connectivity index (χ2n) is 6.05. The molecule has 2 fully saturated rings. The molecule has 1 spiro atoms. The molecule has 0 aromatic carbocycles. The second kappa shape index (κ2) is 5.94. The maximum atomic E-state index is 13.6. The van der Waals surface area contributed by atoms with Crippen LogP contribution in [0.5, 0.6) is 5.88 Å². The molecular formula is C14H17FN2O4S2. The van der Waals surface area contributed by atoms with Crippen LogP contribution >= 0.6 is 11.8 Å². The van der Waals surface area contributed by atoms with Crippen LogP contribution in [0.4, 0.5) is 4.39 Å². The molecule has 9 heteroatoms. The molecule has 0 saturated carbocycles. The number of pyridine rings is 1. The number of amides is 1. The third kappa shape index (κ3) is 3.77. The molecule has 6 nitrogen and oxygen atoms in total. The Balaban J connectivity index is 1.53. The van der Waals surface area contributed by atoms with Gasteiger partial charge in [-0.15, -0.1) is 11.8 Å². The van der Waals surface area contributed by atoms with E-state index in [1.54, 1.807) is 16.7 Å². The first kappa shape index (κ1) is 16.5. The fourth-order valence-electron chi connectivity index (χ4n) is 2.86. The minimum Gasteiger partial charge on any atom is -0.471 e. The van der Waals surface area contributed by atoms with Gasteiger partial charge in [-0.25, -0.2) is 17.8 Å². The van der Waals surface area contributed by atoms with Gasteiger partial charge in [-0.2, -0.15) is 0 Å². The summed E-state index contributed by atoms with van der Waals surface area (Å²) in [4.78, 5) is 17.3. The first-order valence-corrected chi connectivity index (χ1v) is 10.2. The van der Waals surface area contributed by atoms with Crippen molar-refractivity contribution in [1.82, 2.24) is 9.88 Å². The van der Waals surface area contributed by atoms with Crippen LogP contribution < -0.4 is 4.74 Å². The van der Waals surface area contributed by atoms with Gasteiger partial charge in [0.2, 0.25) is 5.91 Å². The van der Waals surface area contributed by atoms with Crippen LogP contribution in [-0.4, -0.2) is 65.9 Å². The molecule has 1 aromatic rings. The largest absolute Gasteiger partial charge is 0.471 e. The molecule has 3 rings (SSSR count). The van der Waals surface area contributed by atoms with Crippen molar-refractivity contribution in [3.63, 3.8) is 0 Å². The van der Waals surface area contributed by atoms with Crippen LogP contribution in [0.3, 0.4) is 0 Å². The number of sulfone groups is 1. The number of aromatic nitrogens is 1. The van der Waals surface area contributed by atoms with Crippen LogP contribution in [-0.2, 0) is 14.6 Å². The Labute approximate surface area is 138 Å². The summed E-state index contributed by atoms with van der Waals surface area (Å²) in [5, 5.41) is 0. The van der Waals surface area contributed by atoms with Gasteiger partial charge in [-0.1, -0.05) is 0 Å². The Hall–Kier alpha value is -1.35. The summed E-state index contributed by atoms with van der Waals surface area (Å²) in [6.45, 7) is 1.02. The fraction of sp³-hybridized carbons (Fsp3) is 0.571. The molecule has 126 valence electrons. The minimum absolute atomic E-state index is 0.000479. The summed E-state index contributed by atoms with van der Waals surface area (Å²) in [6, 6.07) is 2.80. The van der Waals surface area contributed by atoms with Gasteiger partial charge in [0.15, 0.2) is 15.7 Å². The number of likely N-dealkylation sites (tertiary alicyclic amines) is 1. The Morgan fingerprint density at radius 3 is 2.96 bits per heavy atom. The van der Waals surface area contributed by atoms with Crippen molar-refractivity contribution in [3.8, 4) is 5.88 Å². The molecule has 1 amide bonds. The topological polar surface area (TPSA) is 76.6 Å². The molecule has 3 heterocycles. The van der Waals surface area contributed by atoms with Crippen LogP contribution in [0.2, 0.25) is 0 Å². The lowest BCUT2D eigenvalue weighted by molar-refractivity contribution is -0.133. The number of rotatable bonds is 4. The van der Waals surface area contributed by atoms with E-state index in [2.05, 4.69) is 4.98 Å². The van der Waals surface area contributed by atoms with Crippen LogP contribution in [0.1, 0.15) is 6.42 Å². The molecule has 2 aliphatic heterocycles. The van der Waals surface area contributed by atoms with Crippen molar-refractivity contribution in [2.75, 3.05) is 30.9 Å². The molecule has 2 aliphatic rings. The average Bonchev–Trinajstić information content (AvgIpc) is 2.82.